The van der Waals surface area contributed by atoms with Crippen LogP contribution in [0.4, 0.5) is 0 Å². The molecule has 5 heteroatoms. The van der Waals surface area contributed by atoms with Gasteiger partial charge in [0.25, 0.3) is 0 Å². The van der Waals surface area contributed by atoms with Crippen LogP contribution in [-0.2, 0) is 4.79 Å². The Balaban J connectivity index is 1.74. The van der Waals surface area contributed by atoms with E-state index in [1.165, 1.54) is 0 Å². The van der Waals surface area contributed by atoms with Gasteiger partial charge >= 0.3 is 0 Å². The minimum absolute atomic E-state index is 0.101. The summed E-state index contributed by atoms with van der Waals surface area (Å²) in [6, 6.07) is 9.77. The predicted octanol–water partition coefficient (Wildman–Crippen LogP) is 3.13. The van der Waals surface area contributed by atoms with Crippen molar-refractivity contribution < 1.29 is 14.8 Å². The van der Waals surface area contributed by atoms with E-state index in [0.29, 0.717) is 12.8 Å². The van der Waals surface area contributed by atoms with Gasteiger partial charge in [-0.2, -0.15) is 0 Å². The van der Waals surface area contributed by atoms with E-state index >= 15 is 0 Å². The fourth-order valence-corrected chi connectivity index (χ4v) is 2.39. The number of hydroxylamine groups is 1. The number of amides is 1. The summed E-state index contributed by atoms with van der Waals surface area (Å²) in [6.45, 7) is 0. The Kier molecular flexibility index (Phi) is 5.51. The number of unbranched alkanes of at least 4 members (excludes halogenated alkanes) is 3. The molecule has 0 fully saturated rings. The average Bonchev–Trinajstić information content (AvgIpc) is 2.94. The van der Waals surface area contributed by atoms with Gasteiger partial charge in [0, 0.05) is 24.4 Å². The molecular weight excluding hydrogens is 268 g/mol. The smallest absolute Gasteiger partial charge is 0.243 e. The lowest BCUT2D eigenvalue weighted by Crippen LogP contribution is -2.17. The van der Waals surface area contributed by atoms with Crippen molar-refractivity contribution in [1.82, 2.24) is 10.0 Å². The van der Waals surface area contributed by atoms with Crippen LogP contribution >= 0.6 is 0 Å². The first kappa shape index (κ1) is 15.3. The molecule has 21 heavy (non-hydrogen) atoms. The van der Waals surface area contributed by atoms with Crippen molar-refractivity contribution in [3.8, 4) is 0 Å². The van der Waals surface area contributed by atoms with Crippen LogP contribution in [0.25, 0.3) is 10.9 Å². The van der Waals surface area contributed by atoms with Gasteiger partial charge in [0.1, 0.15) is 0 Å². The third kappa shape index (κ3) is 4.16. The van der Waals surface area contributed by atoms with Crippen LogP contribution in [0.15, 0.2) is 36.5 Å². The third-order valence-electron chi connectivity index (χ3n) is 3.54. The zero-order chi connectivity index (χ0) is 15.1. The van der Waals surface area contributed by atoms with E-state index in [0.717, 1.165) is 36.6 Å². The molecular formula is C16H20N2O3. The van der Waals surface area contributed by atoms with Crippen molar-refractivity contribution in [3.63, 3.8) is 0 Å². The van der Waals surface area contributed by atoms with E-state index < -0.39 is 0 Å². The molecule has 2 rings (SSSR count). The summed E-state index contributed by atoms with van der Waals surface area (Å²) >= 11 is 0. The number of nitrogens with zero attached hydrogens (tertiary/aromatic N) is 1. The highest BCUT2D eigenvalue weighted by Gasteiger charge is 2.08. The second-order valence-electron chi connectivity index (χ2n) is 5.09. The van der Waals surface area contributed by atoms with Crippen molar-refractivity contribution >= 4 is 22.7 Å². The number of carbonyl (C=O) groups excluding carboxylic acids is 2. The van der Waals surface area contributed by atoms with Crippen molar-refractivity contribution in [2.45, 2.75) is 38.5 Å². The van der Waals surface area contributed by atoms with Gasteiger partial charge in [0.2, 0.25) is 11.8 Å². The van der Waals surface area contributed by atoms with Gasteiger partial charge in [-0.15, -0.1) is 0 Å². The number of para-hydroxylation sites is 1. The minimum Gasteiger partial charge on any atom is -0.289 e. The highest BCUT2D eigenvalue weighted by molar-refractivity contribution is 5.92. The van der Waals surface area contributed by atoms with Gasteiger partial charge < -0.3 is 0 Å². The molecule has 0 unspecified atom stereocenters. The summed E-state index contributed by atoms with van der Waals surface area (Å²) in [5, 5.41) is 9.43. The first-order chi connectivity index (χ1) is 10.2. The Hall–Kier alpha value is -2.14. The molecule has 0 aliphatic heterocycles. The number of carbonyl (C=O) groups is 2. The van der Waals surface area contributed by atoms with Crippen LogP contribution in [0, 0.1) is 0 Å². The Morgan fingerprint density at radius 3 is 2.48 bits per heavy atom. The number of fused-ring (bicyclic) bond motifs is 1. The maximum atomic E-state index is 12.2. The Labute approximate surface area is 123 Å². The molecule has 2 N–H and O–H groups in total. The molecule has 5 nitrogen and oxygen atoms in total. The highest BCUT2D eigenvalue weighted by atomic mass is 16.5. The number of aromatic nitrogens is 1. The second-order valence-corrected chi connectivity index (χ2v) is 5.09. The van der Waals surface area contributed by atoms with Crippen molar-refractivity contribution in [2.24, 2.45) is 0 Å². The summed E-state index contributed by atoms with van der Waals surface area (Å²) in [4.78, 5) is 23.0. The van der Waals surface area contributed by atoms with Crippen molar-refractivity contribution in [2.75, 3.05) is 0 Å². The number of nitrogens with one attached hydrogen (secondary N) is 1. The van der Waals surface area contributed by atoms with Gasteiger partial charge in [-0.1, -0.05) is 31.0 Å². The van der Waals surface area contributed by atoms with E-state index in [4.69, 9.17) is 5.21 Å². The molecule has 0 aliphatic rings. The van der Waals surface area contributed by atoms with Crippen LogP contribution in [-0.4, -0.2) is 21.6 Å². The van der Waals surface area contributed by atoms with Crippen molar-refractivity contribution in [1.29, 1.82) is 0 Å². The SMILES string of the molecule is O=C(CCCCCCC(=O)n1ccc2ccccc21)NO. The molecule has 0 radical (unpaired) electrons. The molecule has 0 aliphatic carbocycles. The maximum Gasteiger partial charge on any atom is 0.243 e. The molecule has 0 atom stereocenters. The van der Waals surface area contributed by atoms with E-state index in [1.807, 2.05) is 36.5 Å². The molecule has 0 bridgehead atoms. The maximum absolute atomic E-state index is 12.2. The molecule has 1 aromatic carbocycles. The average molecular weight is 288 g/mol. The number of benzene rings is 1. The highest BCUT2D eigenvalue weighted by Crippen LogP contribution is 2.16. The van der Waals surface area contributed by atoms with Gasteiger partial charge in [-0.25, -0.2) is 5.48 Å². The fraction of sp³-hybridized carbons (Fsp3) is 0.375. The summed E-state index contributed by atoms with van der Waals surface area (Å²) < 4.78 is 1.70. The van der Waals surface area contributed by atoms with E-state index in [2.05, 4.69) is 0 Å². The van der Waals surface area contributed by atoms with E-state index in [9.17, 15) is 9.59 Å². The van der Waals surface area contributed by atoms with Gasteiger partial charge in [-0.05, 0) is 25.0 Å². The quantitative estimate of drug-likeness (QED) is 0.467. The Morgan fingerprint density at radius 2 is 1.71 bits per heavy atom. The molecule has 1 amide bonds. The molecule has 0 spiro atoms. The lowest BCUT2D eigenvalue weighted by Gasteiger charge is -2.04. The third-order valence-corrected chi connectivity index (χ3v) is 3.54. The Morgan fingerprint density at radius 1 is 1.00 bits per heavy atom. The predicted molar refractivity (Wildman–Crippen MR) is 80.2 cm³/mol. The summed E-state index contributed by atoms with van der Waals surface area (Å²) in [5.74, 6) is -0.255. The van der Waals surface area contributed by atoms with Gasteiger partial charge in [-0.3, -0.25) is 19.4 Å². The largest absolute Gasteiger partial charge is 0.289 e. The minimum atomic E-state index is -0.357. The topological polar surface area (TPSA) is 71.3 Å². The fourth-order valence-electron chi connectivity index (χ4n) is 2.39. The van der Waals surface area contributed by atoms with Crippen LogP contribution in [0.2, 0.25) is 0 Å². The number of rotatable bonds is 7. The van der Waals surface area contributed by atoms with Gasteiger partial charge in [0.15, 0.2) is 0 Å². The van der Waals surface area contributed by atoms with Crippen LogP contribution in [0.3, 0.4) is 0 Å². The second kappa shape index (κ2) is 7.59. The van der Waals surface area contributed by atoms with Gasteiger partial charge in [0.05, 0.1) is 5.52 Å². The number of hydrogen-bond donors (Lipinski definition) is 2. The van der Waals surface area contributed by atoms with Crippen LogP contribution in [0.5, 0.6) is 0 Å². The first-order valence-corrected chi connectivity index (χ1v) is 7.24. The van der Waals surface area contributed by atoms with Crippen molar-refractivity contribution in [3.05, 3.63) is 36.5 Å². The lowest BCUT2D eigenvalue weighted by atomic mass is 10.1. The standard InChI is InChI=1S/C16H20N2O3/c19-15(17-21)9-3-1-2-4-10-16(20)18-12-11-13-7-5-6-8-14(13)18/h5-8,11-12,21H,1-4,9-10H2,(H,17,19). The molecule has 0 saturated heterocycles. The molecule has 0 saturated carbocycles. The van der Waals surface area contributed by atoms with Crippen LogP contribution < -0.4 is 5.48 Å². The van der Waals surface area contributed by atoms with E-state index in [1.54, 1.807) is 10.0 Å². The normalized spacial score (nSPS) is 10.7. The van der Waals surface area contributed by atoms with Crippen LogP contribution in [0.1, 0.15) is 43.3 Å². The molecule has 1 heterocycles. The Bertz CT molecular complexity index is 619. The molecule has 112 valence electrons. The summed E-state index contributed by atoms with van der Waals surface area (Å²) in [6.07, 6.45) is 5.98. The lowest BCUT2D eigenvalue weighted by molar-refractivity contribution is -0.129. The molecule has 1 aromatic heterocycles. The summed E-state index contributed by atoms with van der Waals surface area (Å²) in [7, 11) is 0. The number of hydrogen-bond acceptors (Lipinski definition) is 3. The zero-order valence-corrected chi connectivity index (χ0v) is 11.9. The molecule has 2 aromatic rings. The monoisotopic (exact) mass is 288 g/mol. The first-order valence-electron chi connectivity index (χ1n) is 7.24. The van der Waals surface area contributed by atoms with E-state index in [-0.39, 0.29) is 11.8 Å². The summed E-state index contributed by atoms with van der Waals surface area (Å²) in [5.41, 5.74) is 2.56. The zero-order valence-electron chi connectivity index (χ0n) is 11.9.